The minimum Gasteiger partial charge on any atom is -0.488 e. The molecule has 1 aliphatic rings. The number of rotatable bonds is 5. The Hall–Kier alpha value is -2.24. The molecule has 25 heavy (non-hydrogen) atoms. The average molecular weight is 363 g/mol. The van der Waals surface area contributed by atoms with Crippen molar-refractivity contribution in [1.29, 1.82) is 0 Å². The largest absolute Gasteiger partial charge is 0.488 e. The maximum atomic E-state index is 12.3. The van der Waals surface area contributed by atoms with Crippen molar-refractivity contribution in [3.63, 3.8) is 0 Å². The first-order chi connectivity index (χ1) is 11.6. The maximum Gasteiger partial charge on any atom is 0.253 e. The summed E-state index contributed by atoms with van der Waals surface area (Å²) in [5, 5.41) is 2.91. The van der Waals surface area contributed by atoms with Gasteiger partial charge in [0.2, 0.25) is 0 Å². The number of carbonyl (C=O) groups excluding carboxylic acids is 1. The summed E-state index contributed by atoms with van der Waals surface area (Å²) in [7, 11) is 0. The van der Waals surface area contributed by atoms with Gasteiger partial charge in [0, 0.05) is 24.2 Å². The lowest BCUT2D eigenvalue weighted by atomic mass is 10.1. The molecule has 1 saturated heterocycles. The fourth-order valence-electron chi connectivity index (χ4n) is 2.68. The lowest BCUT2D eigenvalue weighted by Crippen LogP contribution is -2.25. The highest BCUT2D eigenvalue weighted by atomic mass is 35.5. The van der Waals surface area contributed by atoms with Gasteiger partial charge >= 0.3 is 0 Å². The summed E-state index contributed by atoms with van der Waals surface area (Å²) in [5.41, 5.74) is 8.86. The van der Waals surface area contributed by atoms with E-state index < -0.39 is 0 Å². The van der Waals surface area contributed by atoms with Gasteiger partial charge in [-0.05, 0) is 30.7 Å². The zero-order valence-corrected chi connectivity index (χ0v) is 15.0. The molecule has 1 unspecified atom stereocenters. The van der Waals surface area contributed by atoms with Crippen molar-refractivity contribution in [3.05, 3.63) is 59.2 Å². The zero-order chi connectivity index (χ0) is 16.9. The molecule has 0 aliphatic carbocycles. The van der Waals surface area contributed by atoms with Gasteiger partial charge in [0.15, 0.2) is 0 Å². The molecule has 1 atom stereocenters. The molecule has 2 aromatic carbocycles. The fourth-order valence-corrected chi connectivity index (χ4v) is 2.68. The van der Waals surface area contributed by atoms with Gasteiger partial charge in [-0.2, -0.15) is 0 Å². The van der Waals surface area contributed by atoms with E-state index in [0.29, 0.717) is 24.4 Å². The molecule has 0 saturated carbocycles. The van der Waals surface area contributed by atoms with E-state index in [9.17, 15) is 4.79 Å². The third kappa shape index (κ3) is 4.87. The van der Waals surface area contributed by atoms with E-state index >= 15 is 0 Å². The summed E-state index contributed by atoms with van der Waals surface area (Å²) in [4.78, 5) is 12.3. The second-order valence-electron chi connectivity index (χ2n) is 5.98. The Balaban J connectivity index is 0.00000225. The van der Waals surface area contributed by atoms with Crippen molar-refractivity contribution >= 4 is 24.0 Å². The molecular weight excluding hydrogens is 340 g/mol. The van der Waals surface area contributed by atoms with Crippen LogP contribution in [0, 0.1) is 6.92 Å². The van der Waals surface area contributed by atoms with Crippen LogP contribution in [0.1, 0.15) is 27.9 Å². The average Bonchev–Trinajstić information content (AvgIpc) is 3.07. The predicted octanol–water partition coefficient (Wildman–Crippen LogP) is 3.10. The summed E-state index contributed by atoms with van der Waals surface area (Å²) in [6.07, 6.45) is 0.964. The smallest absolute Gasteiger partial charge is 0.253 e. The summed E-state index contributed by atoms with van der Waals surface area (Å²) in [5.74, 6) is 0.607. The van der Waals surface area contributed by atoms with Crippen molar-refractivity contribution in [2.24, 2.45) is 0 Å². The lowest BCUT2D eigenvalue weighted by Gasteiger charge is -2.17. The molecule has 0 spiro atoms. The molecule has 134 valence electrons. The molecule has 3 N–H and O–H groups in total. The van der Waals surface area contributed by atoms with E-state index in [1.54, 1.807) is 18.2 Å². The number of halogens is 1. The Bertz CT molecular complexity index is 730. The zero-order valence-electron chi connectivity index (χ0n) is 14.2. The molecule has 6 heteroatoms. The van der Waals surface area contributed by atoms with Crippen molar-refractivity contribution in [3.8, 4) is 5.75 Å². The van der Waals surface area contributed by atoms with Gasteiger partial charge in [-0.15, -0.1) is 12.4 Å². The minimum absolute atomic E-state index is 0. The molecule has 0 aromatic heterocycles. The predicted molar refractivity (Wildman–Crippen MR) is 100 cm³/mol. The van der Waals surface area contributed by atoms with Crippen LogP contribution in [0.25, 0.3) is 0 Å². The van der Waals surface area contributed by atoms with E-state index in [0.717, 1.165) is 29.9 Å². The standard InChI is InChI=1S/C19H22N2O3.ClH/c1-13-6-7-14(18(10-13)24-15-8-9-23-12-15)11-21-19(22)16-4-2-3-5-17(16)20;/h2-7,10,15H,8-9,11-12,20H2,1H3,(H,21,22);1H. The maximum absolute atomic E-state index is 12.3. The Morgan fingerprint density at radius 2 is 2.12 bits per heavy atom. The molecule has 1 amide bonds. The second-order valence-corrected chi connectivity index (χ2v) is 5.98. The SMILES string of the molecule is Cc1ccc(CNC(=O)c2ccccc2N)c(OC2CCOC2)c1.Cl. The van der Waals surface area contributed by atoms with Crippen LogP contribution >= 0.6 is 12.4 Å². The number of hydrogen-bond acceptors (Lipinski definition) is 4. The molecule has 5 nitrogen and oxygen atoms in total. The number of nitrogen functional groups attached to an aromatic ring is 1. The summed E-state index contributed by atoms with van der Waals surface area (Å²) in [6.45, 7) is 3.75. The van der Waals surface area contributed by atoms with Crippen LogP contribution in [0.15, 0.2) is 42.5 Å². The highest BCUT2D eigenvalue weighted by Gasteiger charge is 2.19. The minimum atomic E-state index is -0.191. The number of carbonyl (C=O) groups is 1. The van der Waals surface area contributed by atoms with Gasteiger partial charge in [-0.1, -0.05) is 24.3 Å². The van der Waals surface area contributed by atoms with E-state index in [4.69, 9.17) is 15.2 Å². The first-order valence-corrected chi connectivity index (χ1v) is 8.10. The Morgan fingerprint density at radius 1 is 1.32 bits per heavy atom. The number of aryl methyl sites for hydroxylation is 1. The van der Waals surface area contributed by atoms with Crippen molar-refractivity contribution in [2.45, 2.75) is 26.0 Å². The van der Waals surface area contributed by atoms with Gasteiger partial charge in [-0.25, -0.2) is 0 Å². The number of hydrogen-bond donors (Lipinski definition) is 2. The number of benzene rings is 2. The quantitative estimate of drug-likeness (QED) is 0.801. The molecule has 0 radical (unpaired) electrons. The monoisotopic (exact) mass is 362 g/mol. The van der Waals surface area contributed by atoms with E-state index in [2.05, 4.69) is 5.32 Å². The molecule has 0 bridgehead atoms. The van der Waals surface area contributed by atoms with Gasteiger partial charge in [-0.3, -0.25) is 4.79 Å². The third-order valence-electron chi connectivity index (χ3n) is 4.05. The van der Waals surface area contributed by atoms with Gasteiger partial charge in [0.25, 0.3) is 5.91 Å². The van der Waals surface area contributed by atoms with Crippen LogP contribution in [0.3, 0.4) is 0 Å². The van der Waals surface area contributed by atoms with Crippen LogP contribution in [-0.2, 0) is 11.3 Å². The lowest BCUT2D eigenvalue weighted by molar-refractivity contribution is 0.0951. The Morgan fingerprint density at radius 3 is 2.84 bits per heavy atom. The number of anilines is 1. The molecule has 1 heterocycles. The van der Waals surface area contributed by atoms with Gasteiger partial charge < -0.3 is 20.5 Å². The normalized spacial score (nSPS) is 16.1. The van der Waals surface area contributed by atoms with Crippen LogP contribution in [-0.4, -0.2) is 25.2 Å². The van der Waals surface area contributed by atoms with Crippen molar-refractivity contribution in [1.82, 2.24) is 5.32 Å². The molecule has 1 aliphatic heterocycles. The fraction of sp³-hybridized carbons (Fsp3) is 0.316. The molecule has 3 rings (SSSR count). The highest BCUT2D eigenvalue weighted by molar-refractivity contribution is 5.99. The van der Waals surface area contributed by atoms with Crippen LogP contribution in [0.4, 0.5) is 5.69 Å². The Kier molecular flexibility index (Phi) is 6.67. The number of nitrogens with two attached hydrogens (primary N) is 1. The summed E-state index contributed by atoms with van der Waals surface area (Å²) in [6, 6.07) is 13.0. The van der Waals surface area contributed by atoms with Gasteiger partial charge in [0.1, 0.15) is 11.9 Å². The summed E-state index contributed by atoms with van der Waals surface area (Å²) < 4.78 is 11.4. The number of nitrogens with one attached hydrogen (secondary N) is 1. The first kappa shape index (κ1) is 19.1. The molecule has 1 fully saturated rings. The van der Waals surface area contributed by atoms with E-state index in [1.807, 2.05) is 31.2 Å². The van der Waals surface area contributed by atoms with Crippen LogP contribution < -0.4 is 15.8 Å². The van der Waals surface area contributed by atoms with E-state index in [-0.39, 0.29) is 24.4 Å². The number of ether oxygens (including phenoxy) is 2. The van der Waals surface area contributed by atoms with E-state index in [1.165, 1.54) is 0 Å². The van der Waals surface area contributed by atoms with Crippen molar-refractivity contribution in [2.75, 3.05) is 18.9 Å². The van der Waals surface area contributed by atoms with Gasteiger partial charge in [0.05, 0.1) is 18.8 Å². The molecular formula is C19H23ClN2O3. The van der Waals surface area contributed by atoms with Crippen LogP contribution in [0.5, 0.6) is 5.75 Å². The summed E-state index contributed by atoms with van der Waals surface area (Å²) >= 11 is 0. The highest BCUT2D eigenvalue weighted by Crippen LogP contribution is 2.24. The number of amides is 1. The number of para-hydroxylation sites is 1. The first-order valence-electron chi connectivity index (χ1n) is 8.10. The molecule has 2 aromatic rings. The Labute approximate surface area is 153 Å². The van der Waals surface area contributed by atoms with Crippen LogP contribution in [0.2, 0.25) is 0 Å². The topological polar surface area (TPSA) is 73.6 Å². The van der Waals surface area contributed by atoms with Crippen molar-refractivity contribution < 1.29 is 14.3 Å². The third-order valence-corrected chi connectivity index (χ3v) is 4.05. The second kappa shape index (κ2) is 8.74.